The van der Waals surface area contributed by atoms with E-state index in [1.165, 1.54) is 0 Å². The van der Waals surface area contributed by atoms with Gasteiger partial charge in [-0.2, -0.15) is 0 Å². The molecule has 0 spiro atoms. The smallest absolute Gasteiger partial charge is 0.246 e. The van der Waals surface area contributed by atoms with Gasteiger partial charge in [0.25, 0.3) is 0 Å². The summed E-state index contributed by atoms with van der Waals surface area (Å²) in [6, 6.07) is 9.97. The fourth-order valence-electron chi connectivity index (χ4n) is 2.37. The number of rotatable bonds is 2. The third kappa shape index (κ3) is 2.41. The van der Waals surface area contributed by atoms with Crippen LogP contribution in [0.2, 0.25) is 0 Å². The van der Waals surface area contributed by atoms with Gasteiger partial charge >= 0.3 is 0 Å². The first-order chi connectivity index (χ1) is 9.65. The van der Waals surface area contributed by atoms with Gasteiger partial charge in [-0.25, -0.2) is 0 Å². The minimum Gasteiger partial charge on any atom is -0.356 e. The molecule has 1 aromatic carbocycles. The van der Waals surface area contributed by atoms with E-state index in [1.807, 2.05) is 37.4 Å². The zero-order chi connectivity index (χ0) is 14.1. The Hall–Kier alpha value is -1.88. The topological polar surface area (TPSA) is 36.4 Å². The molecule has 0 atom stereocenters. The van der Waals surface area contributed by atoms with Crippen molar-refractivity contribution < 1.29 is 4.79 Å². The first-order valence-electron chi connectivity index (χ1n) is 6.35. The molecule has 0 radical (unpaired) electrons. The first-order valence-corrected chi connectivity index (χ1v) is 7.14. The van der Waals surface area contributed by atoms with Crippen LogP contribution in [0.4, 0.5) is 11.4 Å². The third-order valence-corrected chi connectivity index (χ3v) is 3.96. The Labute approximate surface area is 126 Å². The highest BCUT2D eigenvalue weighted by Gasteiger charge is 2.26. The monoisotopic (exact) mass is 331 g/mol. The number of benzene rings is 1. The zero-order valence-corrected chi connectivity index (χ0v) is 12.7. The van der Waals surface area contributed by atoms with E-state index < -0.39 is 0 Å². The Morgan fingerprint density at radius 3 is 2.70 bits per heavy atom. The molecular formula is C15H14BrN3O. The van der Waals surface area contributed by atoms with Crippen molar-refractivity contribution in [1.82, 2.24) is 4.98 Å². The highest BCUT2D eigenvalue weighted by Crippen LogP contribution is 2.35. The van der Waals surface area contributed by atoms with Crippen molar-refractivity contribution in [2.75, 3.05) is 23.4 Å². The molecule has 0 aliphatic carbocycles. The fraction of sp³-hybridized carbons (Fsp3) is 0.200. The standard InChI is InChI=1S/C15H14BrN3O/c1-18-14-8-12(16)2-3-13(14)19(10-15(18)20)9-11-4-6-17-7-5-11/h2-8H,9-10H2,1H3. The van der Waals surface area contributed by atoms with E-state index in [9.17, 15) is 4.79 Å². The second kappa shape index (κ2) is 5.25. The predicted octanol–water partition coefficient (Wildman–Crippen LogP) is 2.83. The number of nitrogens with zero attached hydrogens (tertiary/aromatic N) is 3. The largest absolute Gasteiger partial charge is 0.356 e. The van der Waals surface area contributed by atoms with Gasteiger partial charge in [-0.3, -0.25) is 9.78 Å². The summed E-state index contributed by atoms with van der Waals surface area (Å²) in [5, 5.41) is 0. The number of hydrogen-bond donors (Lipinski definition) is 0. The van der Waals surface area contributed by atoms with E-state index in [0.29, 0.717) is 13.1 Å². The second-order valence-electron chi connectivity index (χ2n) is 4.80. The van der Waals surface area contributed by atoms with Gasteiger partial charge in [-0.1, -0.05) is 15.9 Å². The van der Waals surface area contributed by atoms with Crippen molar-refractivity contribution in [1.29, 1.82) is 0 Å². The number of pyridine rings is 1. The van der Waals surface area contributed by atoms with Crippen LogP contribution in [0.3, 0.4) is 0 Å². The number of carbonyl (C=O) groups is 1. The molecule has 1 amide bonds. The summed E-state index contributed by atoms with van der Waals surface area (Å²) in [6.45, 7) is 1.10. The van der Waals surface area contributed by atoms with Gasteiger partial charge in [-0.15, -0.1) is 0 Å². The molecular weight excluding hydrogens is 318 g/mol. The van der Waals surface area contributed by atoms with Gasteiger partial charge in [0.05, 0.1) is 17.9 Å². The van der Waals surface area contributed by atoms with E-state index in [0.717, 1.165) is 21.4 Å². The van der Waals surface area contributed by atoms with E-state index in [-0.39, 0.29) is 5.91 Å². The van der Waals surface area contributed by atoms with Crippen LogP contribution in [-0.4, -0.2) is 24.5 Å². The SMILES string of the molecule is CN1C(=O)CN(Cc2ccncc2)c2ccc(Br)cc21. The summed E-state index contributed by atoms with van der Waals surface area (Å²) in [5.41, 5.74) is 3.16. The van der Waals surface area contributed by atoms with Crippen molar-refractivity contribution in [2.45, 2.75) is 6.54 Å². The van der Waals surface area contributed by atoms with Crippen molar-refractivity contribution in [3.8, 4) is 0 Å². The normalized spacial score (nSPS) is 14.4. The first kappa shape index (κ1) is 13.1. The number of carbonyl (C=O) groups excluding carboxylic acids is 1. The molecule has 102 valence electrons. The highest BCUT2D eigenvalue weighted by atomic mass is 79.9. The van der Waals surface area contributed by atoms with Crippen molar-refractivity contribution in [3.63, 3.8) is 0 Å². The Morgan fingerprint density at radius 1 is 1.20 bits per heavy atom. The van der Waals surface area contributed by atoms with Gasteiger partial charge in [0.2, 0.25) is 5.91 Å². The highest BCUT2D eigenvalue weighted by molar-refractivity contribution is 9.10. The summed E-state index contributed by atoms with van der Waals surface area (Å²) >= 11 is 3.46. The van der Waals surface area contributed by atoms with Gasteiger partial charge in [0, 0.05) is 30.5 Å². The molecule has 20 heavy (non-hydrogen) atoms. The van der Waals surface area contributed by atoms with E-state index in [2.05, 4.69) is 25.8 Å². The van der Waals surface area contributed by atoms with Gasteiger partial charge < -0.3 is 9.80 Å². The second-order valence-corrected chi connectivity index (χ2v) is 5.71. The minimum absolute atomic E-state index is 0.102. The van der Waals surface area contributed by atoms with E-state index in [4.69, 9.17) is 0 Å². The van der Waals surface area contributed by atoms with Crippen molar-refractivity contribution in [3.05, 3.63) is 52.8 Å². The Bertz CT molecular complexity index is 645. The molecule has 0 fully saturated rings. The molecule has 5 heteroatoms. The van der Waals surface area contributed by atoms with Crippen LogP contribution in [0, 0.1) is 0 Å². The maximum atomic E-state index is 12.1. The average molecular weight is 332 g/mol. The Morgan fingerprint density at radius 2 is 1.95 bits per heavy atom. The Kier molecular flexibility index (Phi) is 3.44. The molecule has 0 saturated carbocycles. The summed E-state index contributed by atoms with van der Waals surface area (Å²) < 4.78 is 0.974. The Balaban J connectivity index is 1.97. The van der Waals surface area contributed by atoms with E-state index in [1.54, 1.807) is 17.3 Å². The molecule has 1 aliphatic rings. The summed E-state index contributed by atoms with van der Waals surface area (Å²) in [7, 11) is 1.82. The number of fused-ring (bicyclic) bond motifs is 1. The predicted molar refractivity (Wildman–Crippen MR) is 82.8 cm³/mol. The maximum Gasteiger partial charge on any atom is 0.246 e. The number of hydrogen-bond acceptors (Lipinski definition) is 3. The third-order valence-electron chi connectivity index (χ3n) is 3.46. The minimum atomic E-state index is 0.102. The number of amides is 1. The van der Waals surface area contributed by atoms with Crippen LogP contribution in [0.25, 0.3) is 0 Å². The van der Waals surface area contributed by atoms with Crippen LogP contribution in [0.1, 0.15) is 5.56 Å². The number of anilines is 2. The summed E-state index contributed by atoms with van der Waals surface area (Å²) in [6.07, 6.45) is 3.55. The molecule has 0 saturated heterocycles. The lowest BCUT2D eigenvalue weighted by Crippen LogP contribution is -2.43. The lowest BCUT2D eigenvalue weighted by molar-refractivity contribution is -0.117. The molecule has 2 heterocycles. The molecule has 4 nitrogen and oxygen atoms in total. The van der Waals surface area contributed by atoms with Crippen LogP contribution in [-0.2, 0) is 11.3 Å². The molecule has 1 aromatic heterocycles. The van der Waals surface area contributed by atoms with Crippen molar-refractivity contribution >= 4 is 33.2 Å². The van der Waals surface area contributed by atoms with Gasteiger partial charge in [0.1, 0.15) is 0 Å². The molecule has 0 unspecified atom stereocenters. The van der Waals surface area contributed by atoms with Crippen LogP contribution >= 0.6 is 15.9 Å². The lowest BCUT2D eigenvalue weighted by atomic mass is 10.1. The molecule has 1 aliphatic heterocycles. The summed E-state index contributed by atoms with van der Waals surface area (Å²) in [5.74, 6) is 0.102. The van der Waals surface area contributed by atoms with Crippen molar-refractivity contribution in [2.24, 2.45) is 0 Å². The number of aromatic nitrogens is 1. The number of halogens is 1. The molecule has 2 aromatic rings. The van der Waals surface area contributed by atoms with Crippen LogP contribution in [0.15, 0.2) is 47.2 Å². The van der Waals surface area contributed by atoms with Crippen LogP contribution < -0.4 is 9.80 Å². The van der Waals surface area contributed by atoms with Gasteiger partial charge in [-0.05, 0) is 35.9 Å². The molecule has 3 rings (SSSR count). The molecule has 0 N–H and O–H groups in total. The number of likely N-dealkylation sites (N-methyl/N-ethyl adjacent to an activating group) is 1. The quantitative estimate of drug-likeness (QED) is 0.849. The molecule has 0 bridgehead atoms. The lowest BCUT2D eigenvalue weighted by Gasteiger charge is -2.35. The zero-order valence-electron chi connectivity index (χ0n) is 11.1. The fourth-order valence-corrected chi connectivity index (χ4v) is 2.72. The maximum absolute atomic E-state index is 12.1. The average Bonchev–Trinajstić information content (AvgIpc) is 2.45. The van der Waals surface area contributed by atoms with E-state index >= 15 is 0 Å². The van der Waals surface area contributed by atoms with Gasteiger partial charge in [0.15, 0.2) is 0 Å². The van der Waals surface area contributed by atoms with Crippen LogP contribution in [0.5, 0.6) is 0 Å². The summed E-state index contributed by atoms with van der Waals surface area (Å²) in [4.78, 5) is 20.0.